The van der Waals surface area contributed by atoms with Crippen LogP contribution in [0.5, 0.6) is 0 Å². The number of ether oxygens (including phenoxy) is 1. The van der Waals surface area contributed by atoms with E-state index >= 15 is 0 Å². The van der Waals surface area contributed by atoms with E-state index in [4.69, 9.17) is 4.74 Å². The van der Waals surface area contributed by atoms with Crippen molar-refractivity contribution in [3.63, 3.8) is 0 Å². The normalized spacial score (nSPS) is 11.0. The number of carbonyl (C=O) groups is 3. The van der Waals surface area contributed by atoms with Gasteiger partial charge in [-0.05, 0) is 49.6 Å². The third-order valence-electron chi connectivity index (χ3n) is 5.00. The number of hydrogen-bond donors (Lipinski definition) is 3. The average Bonchev–Trinajstić information content (AvgIpc) is 2.82. The minimum Gasteiger partial charge on any atom is -0.444 e. The van der Waals surface area contributed by atoms with Crippen LogP contribution in [0.4, 0.5) is 10.5 Å². The van der Waals surface area contributed by atoms with Crippen LogP contribution < -0.4 is 16.0 Å². The third kappa shape index (κ3) is 8.30. The lowest BCUT2D eigenvalue weighted by atomic mass is 9.90. The standard InChI is InChI=1S/C28H31N3O4/c1-28(2,3)35-27(34)30-19-24(32)31-23-16-10-11-20(17-23)18-29-26(33)25(21-12-6-4-7-13-21)22-14-8-5-9-15-22/h4-17,25H,18-19H2,1-3H3,(H,29,33)(H,30,34)(H,31,32). The smallest absolute Gasteiger partial charge is 0.408 e. The van der Waals surface area contributed by atoms with E-state index in [1.165, 1.54) is 0 Å². The lowest BCUT2D eigenvalue weighted by molar-refractivity contribution is -0.122. The summed E-state index contributed by atoms with van der Waals surface area (Å²) < 4.78 is 5.12. The van der Waals surface area contributed by atoms with Crippen molar-refractivity contribution >= 4 is 23.6 Å². The Labute approximate surface area is 205 Å². The molecule has 182 valence electrons. The molecule has 7 heteroatoms. The second-order valence-corrected chi connectivity index (χ2v) is 9.08. The highest BCUT2D eigenvalue weighted by molar-refractivity contribution is 5.94. The maximum Gasteiger partial charge on any atom is 0.408 e. The van der Waals surface area contributed by atoms with Crippen molar-refractivity contribution < 1.29 is 19.1 Å². The van der Waals surface area contributed by atoms with Crippen molar-refractivity contribution in [2.45, 2.75) is 38.8 Å². The number of amides is 3. The van der Waals surface area contributed by atoms with Gasteiger partial charge >= 0.3 is 6.09 Å². The Balaban J connectivity index is 1.59. The molecule has 7 nitrogen and oxygen atoms in total. The molecule has 3 amide bonds. The molecule has 0 unspecified atom stereocenters. The van der Waals surface area contributed by atoms with Gasteiger partial charge in [0.25, 0.3) is 0 Å². The summed E-state index contributed by atoms with van der Waals surface area (Å²) in [6, 6.07) is 26.5. The summed E-state index contributed by atoms with van der Waals surface area (Å²) in [5.74, 6) is -0.928. The summed E-state index contributed by atoms with van der Waals surface area (Å²) in [6.07, 6.45) is -0.657. The Bertz CT molecular complexity index is 1100. The molecule has 0 aliphatic carbocycles. The second-order valence-electron chi connectivity index (χ2n) is 9.08. The van der Waals surface area contributed by atoms with E-state index in [0.29, 0.717) is 12.2 Å². The van der Waals surface area contributed by atoms with Crippen LogP contribution in [0.2, 0.25) is 0 Å². The van der Waals surface area contributed by atoms with Gasteiger partial charge in [-0.25, -0.2) is 4.79 Å². The first-order valence-corrected chi connectivity index (χ1v) is 11.4. The number of nitrogens with one attached hydrogen (secondary N) is 3. The van der Waals surface area contributed by atoms with Crippen molar-refractivity contribution in [2.75, 3.05) is 11.9 Å². The Morgan fingerprint density at radius 1 is 0.800 bits per heavy atom. The van der Waals surface area contributed by atoms with Crippen molar-refractivity contribution in [3.8, 4) is 0 Å². The Morgan fingerprint density at radius 2 is 1.40 bits per heavy atom. The first kappa shape index (κ1) is 25.5. The predicted molar refractivity (Wildman–Crippen MR) is 136 cm³/mol. The zero-order valence-electron chi connectivity index (χ0n) is 20.2. The molecular weight excluding hydrogens is 442 g/mol. The molecule has 0 saturated carbocycles. The molecule has 0 aromatic heterocycles. The molecule has 0 heterocycles. The fourth-order valence-electron chi connectivity index (χ4n) is 3.51. The summed E-state index contributed by atoms with van der Waals surface area (Å²) in [5, 5.41) is 8.18. The molecule has 3 rings (SSSR count). The Hall–Kier alpha value is -4.13. The number of anilines is 1. The molecule has 0 spiro atoms. The van der Waals surface area contributed by atoms with Crippen LogP contribution in [0.1, 0.15) is 43.4 Å². The van der Waals surface area contributed by atoms with Gasteiger partial charge in [0.15, 0.2) is 0 Å². The summed E-state index contributed by atoms with van der Waals surface area (Å²) in [7, 11) is 0. The van der Waals surface area contributed by atoms with Gasteiger partial charge in [0.1, 0.15) is 12.1 Å². The molecule has 0 aliphatic heterocycles. The van der Waals surface area contributed by atoms with Crippen molar-refractivity contribution in [1.82, 2.24) is 10.6 Å². The number of hydrogen-bond acceptors (Lipinski definition) is 4. The van der Waals surface area contributed by atoms with E-state index in [1.807, 2.05) is 66.7 Å². The van der Waals surface area contributed by atoms with E-state index in [2.05, 4.69) is 16.0 Å². The van der Waals surface area contributed by atoms with E-state index in [9.17, 15) is 14.4 Å². The van der Waals surface area contributed by atoms with E-state index in [0.717, 1.165) is 16.7 Å². The maximum absolute atomic E-state index is 13.2. The van der Waals surface area contributed by atoms with Gasteiger partial charge in [0.05, 0.1) is 5.92 Å². The highest BCUT2D eigenvalue weighted by Gasteiger charge is 2.22. The van der Waals surface area contributed by atoms with Gasteiger partial charge in [0, 0.05) is 12.2 Å². The second kappa shape index (κ2) is 11.8. The number of benzene rings is 3. The molecule has 0 fully saturated rings. The van der Waals surface area contributed by atoms with Gasteiger partial charge in [0.2, 0.25) is 11.8 Å². The number of alkyl carbamates (subject to hydrolysis) is 1. The van der Waals surface area contributed by atoms with Crippen LogP contribution in [0.15, 0.2) is 84.9 Å². The largest absolute Gasteiger partial charge is 0.444 e. The zero-order valence-corrected chi connectivity index (χ0v) is 20.2. The van der Waals surface area contributed by atoms with E-state index in [-0.39, 0.29) is 18.4 Å². The molecule has 0 saturated heterocycles. The third-order valence-corrected chi connectivity index (χ3v) is 5.00. The molecule has 0 aliphatic rings. The van der Waals surface area contributed by atoms with Crippen molar-refractivity contribution in [1.29, 1.82) is 0 Å². The van der Waals surface area contributed by atoms with Crippen molar-refractivity contribution in [2.24, 2.45) is 0 Å². The molecule has 3 aromatic carbocycles. The number of carbonyl (C=O) groups excluding carboxylic acids is 3. The molecular formula is C28H31N3O4. The van der Waals surface area contributed by atoms with Gasteiger partial charge < -0.3 is 20.7 Å². The molecule has 3 aromatic rings. The topological polar surface area (TPSA) is 96.5 Å². The van der Waals surface area contributed by atoms with Crippen molar-refractivity contribution in [3.05, 3.63) is 102 Å². The fraction of sp³-hybridized carbons (Fsp3) is 0.250. The van der Waals surface area contributed by atoms with Crippen LogP contribution in [0, 0.1) is 0 Å². The first-order chi connectivity index (χ1) is 16.7. The molecule has 0 bridgehead atoms. The van der Waals surface area contributed by atoms with Crippen LogP contribution in [-0.4, -0.2) is 30.1 Å². The quantitative estimate of drug-likeness (QED) is 0.446. The molecule has 35 heavy (non-hydrogen) atoms. The molecule has 0 radical (unpaired) electrons. The van der Waals surface area contributed by atoms with Crippen LogP contribution in [0.3, 0.4) is 0 Å². The van der Waals surface area contributed by atoms with E-state index < -0.39 is 17.6 Å². The summed E-state index contributed by atoms with van der Waals surface area (Å²) in [6.45, 7) is 5.33. The SMILES string of the molecule is CC(C)(C)OC(=O)NCC(=O)Nc1cccc(CNC(=O)C(c2ccccc2)c2ccccc2)c1. The van der Waals surface area contributed by atoms with Crippen LogP contribution in [-0.2, 0) is 20.9 Å². The lowest BCUT2D eigenvalue weighted by Gasteiger charge is -2.19. The lowest BCUT2D eigenvalue weighted by Crippen LogP contribution is -2.37. The van der Waals surface area contributed by atoms with Gasteiger partial charge in [-0.1, -0.05) is 72.8 Å². The van der Waals surface area contributed by atoms with Gasteiger partial charge in [-0.2, -0.15) is 0 Å². The maximum atomic E-state index is 13.2. The predicted octanol–water partition coefficient (Wildman–Crippen LogP) is 4.60. The Kier molecular flexibility index (Phi) is 8.62. The van der Waals surface area contributed by atoms with Gasteiger partial charge in [-0.15, -0.1) is 0 Å². The average molecular weight is 474 g/mol. The minimum absolute atomic E-state index is 0.113. The molecule has 0 atom stereocenters. The van der Waals surface area contributed by atoms with Crippen LogP contribution in [0.25, 0.3) is 0 Å². The summed E-state index contributed by atoms with van der Waals surface area (Å²) in [4.78, 5) is 37.1. The highest BCUT2D eigenvalue weighted by Crippen LogP contribution is 2.25. The first-order valence-electron chi connectivity index (χ1n) is 11.4. The summed E-state index contributed by atoms with van der Waals surface area (Å²) in [5.41, 5.74) is 2.58. The summed E-state index contributed by atoms with van der Waals surface area (Å²) >= 11 is 0. The monoisotopic (exact) mass is 473 g/mol. The van der Waals surface area contributed by atoms with E-state index in [1.54, 1.807) is 39.0 Å². The van der Waals surface area contributed by atoms with Crippen LogP contribution >= 0.6 is 0 Å². The van der Waals surface area contributed by atoms with Gasteiger partial charge in [-0.3, -0.25) is 9.59 Å². The number of rotatable bonds is 8. The molecule has 3 N–H and O–H groups in total. The fourth-order valence-corrected chi connectivity index (χ4v) is 3.51. The highest BCUT2D eigenvalue weighted by atomic mass is 16.6. The Morgan fingerprint density at radius 3 is 1.97 bits per heavy atom. The minimum atomic E-state index is -0.657. The zero-order chi connectivity index (χ0) is 25.3.